The second-order valence-electron chi connectivity index (χ2n) is 6.62. The smallest absolute Gasteiger partial charge is 0.222 e. The lowest BCUT2D eigenvalue weighted by atomic mass is 10.00. The highest BCUT2D eigenvalue weighted by Gasteiger charge is 2.35. The van der Waals surface area contributed by atoms with Gasteiger partial charge in [-0.2, -0.15) is 0 Å². The van der Waals surface area contributed by atoms with Crippen molar-refractivity contribution >= 4 is 21.8 Å². The van der Waals surface area contributed by atoms with Gasteiger partial charge in [0.2, 0.25) is 5.91 Å². The van der Waals surface area contributed by atoms with Crippen LogP contribution in [-0.2, 0) is 9.53 Å². The van der Waals surface area contributed by atoms with Crippen LogP contribution < -0.4 is 0 Å². The predicted octanol–water partition coefficient (Wildman–Crippen LogP) is 3.36. The minimum atomic E-state index is -0.223. The fourth-order valence-electron chi connectivity index (χ4n) is 3.35. The van der Waals surface area contributed by atoms with Gasteiger partial charge < -0.3 is 9.64 Å². The molecular weight excluding hydrogens is 306 g/mol. The van der Waals surface area contributed by atoms with Crippen molar-refractivity contribution in [3.8, 4) is 0 Å². The normalized spacial score (nSPS) is 27.7. The molecule has 1 unspecified atom stereocenters. The quantitative estimate of drug-likeness (QED) is 0.739. The van der Waals surface area contributed by atoms with Crippen LogP contribution in [0.25, 0.3) is 0 Å². The van der Waals surface area contributed by atoms with Crippen molar-refractivity contribution < 1.29 is 9.53 Å². The molecule has 1 saturated heterocycles. The summed E-state index contributed by atoms with van der Waals surface area (Å²) in [5, 5.41) is 0.794. The maximum absolute atomic E-state index is 12.4. The van der Waals surface area contributed by atoms with E-state index in [1.165, 1.54) is 25.7 Å². The minimum absolute atomic E-state index is 0.124. The van der Waals surface area contributed by atoms with Gasteiger partial charge in [0.25, 0.3) is 0 Å². The molecule has 1 heterocycles. The van der Waals surface area contributed by atoms with Crippen LogP contribution in [0.5, 0.6) is 0 Å². The Labute approximate surface area is 125 Å². The lowest BCUT2D eigenvalue weighted by Crippen LogP contribution is -2.55. The van der Waals surface area contributed by atoms with E-state index in [-0.39, 0.29) is 11.7 Å². The van der Waals surface area contributed by atoms with E-state index in [0.717, 1.165) is 37.2 Å². The SMILES string of the molecule is CC1(C)CN(C(=O)CCC2CCCC2)CC(CBr)O1. The Balaban J connectivity index is 1.83. The number of amides is 1. The number of carbonyl (C=O) groups is 1. The van der Waals surface area contributed by atoms with Crippen LogP contribution in [-0.4, -0.2) is 40.9 Å². The molecule has 2 rings (SSSR count). The topological polar surface area (TPSA) is 29.5 Å². The molecule has 0 bridgehead atoms. The molecule has 1 saturated carbocycles. The molecule has 2 fully saturated rings. The average Bonchev–Trinajstić information content (AvgIpc) is 2.87. The summed E-state index contributed by atoms with van der Waals surface area (Å²) in [6.07, 6.45) is 7.28. The number of morpholine rings is 1. The number of ether oxygens (including phenoxy) is 1. The van der Waals surface area contributed by atoms with Gasteiger partial charge in [-0.05, 0) is 26.2 Å². The molecule has 0 aromatic heterocycles. The molecule has 110 valence electrons. The zero-order valence-electron chi connectivity index (χ0n) is 12.2. The van der Waals surface area contributed by atoms with Crippen LogP contribution in [0.3, 0.4) is 0 Å². The standard InChI is InChI=1S/C15H26BrNO2/c1-15(2)11-17(10-13(9-16)19-15)14(18)8-7-12-5-3-4-6-12/h12-13H,3-11H2,1-2H3. The molecule has 0 aromatic rings. The molecule has 1 aliphatic heterocycles. The number of rotatable bonds is 4. The Morgan fingerprint density at radius 3 is 2.68 bits per heavy atom. The maximum Gasteiger partial charge on any atom is 0.222 e. The Bertz CT molecular complexity index is 313. The predicted molar refractivity (Wildman–Crippen MR) is 80.5 cm³/mol. The third kappa shape index (κ3) is 4.45. The molecule has 19 heavy (non-hydrogen) atoms. The van der Waals surface area contributed by atoms with Crippen LogP contribution in [0.4, 0.5) is 0 Å². The Hall–Kier alpha value is -0.0900. The lowest BCUT2D eigenvalue weighted by Gasteiger charge is -2.42. The van der Waals surface area contributed by atoms with E-state index in [0.29, 0.717) is 5.91 Å². The maximum atomic E-state index is 12.4. The highest BCUT2D eigenvalue weighted by molar-refractivity contribution is 9.09. The molecule has 0 spiro atoms. The van der Waals surface area contributed by atoms with Crippen molar-refractivity contribution in [2.24, 2.45) is 5.92 Å². The highest BCUT2D eigenvalue weighted by Crippen LogP contribution is 2.29. The fraction of sp³-hybridized carbons (Fsp3) is 0.933. The summed E-state index contributed by atoms with van der Waals surface area (Å²) in [5.74, 6) is 1.11. The van der Waals surface area contributed by atoms with Gasteiger partial charge >= 0.3 is 0 Å². The van der Waals surface area contributed by atoms with Gasteiger partial charge in [0.05, 0.1) is 11.7 Å². The van der Waals surface area contributed by atoms with E-state index in [1.54, 1.807) is 0 Å². The molecule has 1 amide bonds. The van der Waals surface area contributed by atoms with Crippen molar-refractivity contribution in [3.63, 3.8) is 0 Å². The van der Waals surface area contributed by atoms with Crippen LogP contribution in [0.1, 0.15) is 52.4 Å². The van der Waals surface area contributed by atoms with E-state index in [1.807, 2.05) is 4.90 Å². The lowest BCUT2D eigenvalue weighted by molar-refractivity contribution is -0.157. The average molecular weight is 332 g/mol. The number of halogens is 1. The molecule has 4 heteroatoms. The third-order valence-corrected chi connectivity index (χ3v) is 4.97. The van der Waals surface area contributed by atoms with Crippen LogP contribution in [0.15, 0.2) is 0 Å². The number of hydrogen-bond acceptors (Lipinski definition) is 2. The molecule has 0 aromatic carbocycles. The van der Waals surface area contributed by atoms with Crippen molar-refractivity contribution in [2.75, 3.05) is 18.4 Å². The first-order chi connectivity index (χ1) is 9.00. The summed E-state index contributed by atoms with van der Waals surface area (Å²) < 4.78 is 5.94. The monoisotopic (exact) mass is 331 g/mol. The summed E-state index contributed by atoms with van der Waals surface area (Å²) in [6.45, 7) is 5.59. The number of nitrogens with zero attached hydrogens (tertiary/aromatic N) is 1. The molecule has 0 N–H and O–H groups in total. The second kappa shape index (κ2) is 6.57. The van der Waals surface area contributed by atoms with Crippen molar-refractivity contribution in [2.45, 2.75) is 64.1 Å². The van der Waals surface area contributed by atoms with Gasteiger partial charge in [0.15, 0.2) is 0 Å². The molecule has 1 atom stereocenters. The van der Waals surface area contributed by atoms with Crippen molar-refractivity contribution in [1.29, 1.82) is 0 Å². The Morgan fingerprint density at radius 1 is 1.37 bits per heavy atom. The van der Waals surface area contributed by atoms with Gasteiger partial charge in [-0.1, -0.05) is 41.6 Å². The van der Waals surface area contributed by atoms with E-state index in [9.17, 15) is 4.79 Å². The van der Waals surface area contributed by atoms with E-state index in [4.69, 9.17) is 4.74 Å². The highest BCUT2D eigenvalue weighted by atomic mass is 79.9. The van der Waals surface area contributed by atoms with Crippen LogP contribution >= 0.6 is 15.9 Å². The number of carbonyl (C=O) groups excluding carboxylic acids is 1. The first-order valence-electron chi connectivity index (χ1n) is 7.52. The summed E-state index contributed by atoms with van der Waals surface area (Å²) >= 11 is 3.47. The van der Waals surface area contributed by atoms with E-state index in [2.05, 4.69) is 29.8 Å². The van der Waals surface area contributed by atoms with Gasteiger partial charge in [-0.25, -0.2) is 0 Å². The number of alkyl halides is 1. The van der Waals surface area contributed by atoms with Gasteiger partial charge in [-0.3, -0.25) is 4.79 Å². The van der Waals surface area contributed by atoms with Crippen molar-refractivity contribution in [3.05, 3.63) is 0 Å². The third-order valence-electron chi connectivity index (χ3n) is 4.25. The van der Waals surface area contributed by atoms with Gasteiger partial charge in [-0.15, -0.1) is 0 Å². The van der Waals surface area contributed by atoms with E-state index >= 15 is 0 Å². The zero-order chi connectivity index (χ0) is 13.9. The second-order valence-corrected chi connectivity index (χ2v) is 7.26. The molecular formula is C15H26BrNO2. The summed E-state index contributed by atoms with van der Waals surface area (Å²) in [5.41, 5.74) is -0.223. The van der Waals surface area contributed by atoms with Gasteiger partial charge in [0.1, 0.15) is 0 Å². The van der Waals surface area contributed by atoms with Crippen LogP contribution in [0, 0.1) is 5.92 Å². The molecule has 2 aliphatic rings. The number of hydrogen-bond donors (Lipinski definition) is 0. The van der Waals surface area contributed by atoms with E-state index < -0.39 is 0 Å². The van der Waals surface area contributed by atoms with Gasteiger partial charge in [0, 0.05) is 24.8 Å². The molecule has 3 nitrogen and oxygen atoms in total. The molecule has 1 aliphatic carbocycles. The summed E-state index contributed by atoms with van der Waals surface area (Å²) in [4.78, 5) is 14.4. The van der Waals surface area contributed by atoms with Crippen LogP contribution in [0.2, 0.25) is 0 Å². The fourth-order valence-corrected chi connectivity index (χ4v) is 3.69. The molecule has 0 radical (unpaired) electrons. The largest absolute Gasteiger partial charge is 0.368 e. The van der Waals surface area contributed by atoms with Crippen molar-refractivity contribution in [1.82, 2.24) is 4.90 Å². The first-order valence-corrected chi connectivity index (χ1v) is 8.64. The Kier molecular flexibility index (Phi) is 5.29. The Morgan fingerprint density at radius 2 is 2.05 bits per heavy atom. The minimum Gasteiger partial charge on any atom is -0.368 e. The zero-order valence-corrected chi connectivity index (χ0v) is 13.7. The summed E-state index contributed by atoms with van der Waals surface area (Å²) in [7, 11) is 0. The first kappa shape index (κ1) is 15.3. The summed E-state index contributed by atoms with van der Waals surface area (Å²) in [6, 6.07) is 0.